The third kappa shape index (κ3) is 4.21. The highest BCUT2D eigenvalue weighted by Crippen LogP contribution is 2.31. The summed E-state index contributed by atoms with van der Waals surface area (Å²) in [7, 11) is 0. The molecule has 3 rings (SSSR count). The van der Waals surface area contributed by atoms with Crippen molar-refractivity contribution >= 4 is 28.3 Å². The Morgan fingerprint density at radius 3 is 2.96 bits per heavy atom. The van der Waals surface area contributed by atoms with Crippen LogP contribution in [0.5, 0.6) is 0 Å². The molecule has 24 heavy (non-hydrogen) atoms. The molecule has 1 aliphatic rings. The molecular weight excluding hydrogens is 328 g/mol. The first kappa shape index (κ1) is 16.7. The third-order valence-corrected chi connectivity index (χ3v) is 4.79. The van der Waals surface area contributed by atoms with Crippen LogP contribution in [-0.4, -0.2) is 29.4 Å². The molecule has 128 valence electrons. The number of aryl methyl sites for hydroxylation is 1. The first-order chi connectivity index (χ1) is 11.5. The molecule has 2 heterocycles. The van der Waals surface area contributed by atoms with E-state index in [4.69, 9.17) is 10.2 Å². The van der Waals surface area contributed by atoms with Gasteiger partial charge in [0.15, 0.2) is 5.13 Å². The van der Waals surface area contributed by atoms with E-state index in [0.717, 1.165) is 12.8 Å². The molecule has 1 fully saturated rings. The fourth-order valence-electron chi connectivity index (χ4n) is 2.38. The van der Waals surface area contributed by atoms with Crippen LogP contribution in [-0.2, 0) is 11.2 Å². The second kappa shape index (κ2) is 7.14. The number of amides is 2. The van der Waals surface area contributed by atoms with Gasteiger partial charge in [0.2, 0.25) is 5.91 Å². The minimum atomic E-state index is -0.276. The zero-order valence-corrected chi connectivity index (χ0v) is 14.2. The van der Waals surface area contributed by atoms with Crippen LogP contribution >= 0.6 is 11.3 Å². The molecule has 0 aromatic carbocycles. The van der Waals surface area contributed by atoms with E-state index in [1.807, 2.05) is 0 Å². The monoisotopic (exact) mass is 348 g/mol. The maximum absolute atomic E-state index is 12.1. The summed E-state index contributed by atoms with van der Waals surface area (Å²) in [5, 5.41) is 7.76. The molecule has 1 atom stereocenters. The van der Waals surface area contributed by atoms with Crippen LogP contribution in [0.1, 0.15) is 34.7 Å². The lowest BCUT2D eigenvalue weighted by Gasteiger charge is -2.10. The number of anilines is 1. The van der Waals surface area contributed by atoms with Gasteiger partial charge in [0.05, 0.1) is 23.9 Å². The lowest BCUT2D eigenvalue weighted by Crippen LogP contribution is -2.39. The van der Waals surface area contributed by atoms with Gasteiger partial charge in [-0.25, -0.2) is 4.98 Å². The molecule has 0 bridgehead atoms. The normalized spacial score (nSPS) is 15.1. The molecule has 4 N–H and O–H groups in total. The SMILES string of the molecule is Cc1occc1C(=O)Nc1nc(CC(=O)NCC(N)C2CC2)cs1. The van der Waals surface area contributed by atoms with Crippen molar-refractivity contribution in [3.05, 3.63) is 34.7 Å². The molecular formula is C16H20N4O3S. The number of carbonyl (C=O) groups is 2. The molecule has 1 saturated carbocycles. The van der Waals surface area contributed by atoms with Crippen LogP contribution in [0.15, 0.2) is 22.1 Å². The summed E-state index contributed by atoms with van der Waals surface area (Å²) >= 11 is 1.28. The standard InChI is InChI=1S/C16H20N4O3S/c1-9-12(4-5-23-9)15(22)20-16-19-11(8-24-16)6-14(21)18-7-13(17)10-2-3-10/h4-5,8,10,13H,2-3,6-7,17H2,1H3,(H,18,21)(H,19,20,22). The first-order valence-electron chi connectivity index (χ1n) is 7.85. The van der Waals surface area contributed by atoms with Gasteiger partial charge in [-0.05, 0) is 31.7 Å². The maximum atomic E-state index is 12.1. The lowest BCUT2D eigenvalue weighted by atomic mass is 10.2. The summed E-state index contributed by atoms with van der Waals surface area (Å²) < 4.78 is 5.11. The highest BCUT2D eigenvalue weighted by Gasteiger charge is 2.28. The zero-order chi connectivity index (χ0) is 17.1. The summed E-state index contributed by atoms with van der Waals surface area (Å²) in [6.07, 6.45) is 3.95. The highest BCUT2D eigenvalue weighted by molar-refractivity contribution is 7.14. The second-order valence-corrected chi connectivity index (χ2v) is 6.83. The number of nitrogens with one attached hydrogen (secondary N) is 2. The Kier molecular flexibility index (Phi) is 4.96. The largest absolute Gasteiger partial charge is 0.469 e. The van der Waals surface area contributed by atoms with Gasteiger partial charge in [-0.15, -0.1) is 11.3 Å². The Labute approximate surface area is 143 Å². The van der Waals surface area contributed by atoms with Crippen LogP contribution in [0, 0.1) is 12.8 Å². The number of hydrogen-bond donors (Lipinski definition) is 3. The number of hydrogen-bond acceptors (Lipinski definition) is 6. The third-order valence-electron chi connectivity index (χ3n) is 3.98. The van der Waals surface area contributed by atoms with Crippen molar-refractivity contribution in [2.45, 2.75) is 32.2 Å². The van der Waals surface area contributed by atoms with Crippen molar-refractivity contribution in [3.63, 3.8) is 0 Å². The summed E-state index contributed by atoms with van der Waals surface area (Å²) in [5.74, 6) is 0.718. The Balaban J connectivity index is 1.48. The average molecular weight is 348 g/mol. The number of rotatable bonds is 7. The summed E-state index contributed by atoms with van der Waals surface area (Å²) in [5.41, 5.74) is 7.05. The minimum Gasteiger partial charge on any atom is -0.469 e. The van der Waals surface area contributed by atoms with Gasteiger partial charge >= 0.3 is 0 Å². The molecule has 2 aromatic rings. The number of furan rings is 1. The van der Waals surface area contributed by atoms with E-state index >= 15 is 0 Å². The molecule has 7 nitrogen and oxygen atoms in total. The van der Waals surface area contributed by atoms with E-state index in [2.05, 4.69) is 15.6 Å². The van der Waals surface area contributed by atoms with E-state index in [1.54, 1.807) is 18.4 Å². The molecule has 2 aromatic heterocycles. The van der Waals surface area contributed by atoms with Crippen molar-refractivity contribution in [2.75, 3.05) is 11.9 Å². The fraction of sp³-hybridized carbons (Fsp3) is 0.438. The van der Waals surface area contributed by atoms with Crippen molar-refractivity contribution in [1.29, 1.82) is 0 Å². The summed E-state index contributed by atoms with van der Waals surface area (Å²) in [4.78, 5) is 28.3. The van der Waals surface area contributed by atoms with Gasteiger partial charge in [0.1, 0.15) is 5.76 Å². The molecule has 0 saturated heterocycles. The smallest absolute Gasteiger partial charge is 0.260 e. The van der Waals surface area contributed by atoms with Crippen LogP contribution in [0.4, 0.5) is 5.13 Å². The van der Waals surface area contributed by atoms with Crippen molar-refractivity contribution < 1.29 is 14.0 Å². The predicted octanol–water partition coefficient (Wildman–Crippen LogP) is 1.69. The molecule has 1 aliphatic carbocycles. The fourth-order valence-corrected chi connectivity index (χ4v) is 3.09. The molecule has 1 unspecified atom stereocenters. The number of carbonyl (C=O) groups excluding carboxylic acids is 2. The average Bonchev–Trinajstić information content (AvgIpc) is 3.18. The minimum absolute atomic E-state index is 0.0393. The topological polar surface area (TPSA) is 110 Å². The summed E-state index contributed by atoms with van der Waals surface area (Å²) in [6.45, 7) is 2.22. The number of nitrogens with zero attached hydrogens (tertiary/aromatic N) is 1. The van der Waals surface area contributed by atoms with E-state index in [0.29, 0.717) is 34.6 Å². The maximum Gasteiger partial charge on any atom is 0.260 e. The number of aromatic nitrogens is 1. The molecule has 0 aliphatic heterocycles. The van der Waals surface area contributed by atoms with Crippen LogP contribution in [0.3, 0.4) is 0 Å². The van der Waals surface area contributed by atoms with Gasteiger partial charge in [0.25, 0.3) is 5.91 Å². The van der Waals surface area contributed by atoms with Crippen molar-refractivity contribution in [1.82, 2.24) is 10.3 Å². The van der Waals surface area contributed by atoms with E-state index in [1.165, 1.54) is 17.6 Å². The van der Waals surface area contributed by atoms with Crippen molar-refractivity contribution in [2.24, 2.45) is 11.7 Å². The second-order valence-electron chi connectivity index (χ2n) is 5.97. The van der Waals surface area contributed by atoms with Crippen LogP contribution in [0.2, 0.25) is 0 Å². The number of thiazole rings is 1. The first-order valence-corrected chi connectivity index (χ1v) is 8.73. The van der Waals surface area contributed by atoms with Gasteiger partial charge < -0.3 is 15.5 Å². The van der Waals surface area contributed by atoms with Gasteiger partial charge in [0, 0.05) is 18.0 Å². The Hall–Kier alpha value is -2.19. The highest BCUT2D eigenvalue weighted by atomic mass is 32.1. The lowest BCUT2D eigenvalue weighted by molar-refractivity contribution is -0.120. The number of nitrogens with two attached hydrogens (primary N) is 1. The van der Waals surface area contributed by atoms with Gasteiger partial charge in [-0.1, -0.05) is 0 Å². The van der Waals surface area contributed by atoms with Crippen LogP contribution in [0.25, 0.3) is 0 Å². The van der Waals surface area contributed by atoms with Crippen molar-refractivity contribution in [3.8, 4) is 0 Å². The summed E-state index contributed by atoms with van der Waals surface area (Å²) in [6, 6.07) is 1.65. The van der Waals surface area contributed by atoms with Gasteiger partial charge in [-0.2, -0.15) is 0 Å². The Morgan fingerprint density at radius 1 is 1.50 bits per heavy atom. The zero-order valence-electron chi connectivity index (χ0n) is 13.4. The molecule has 8 heteroatoms. The molecule has 0 radical (unpaired) electrons. The Morgan fingerprint density at radius 2 is 2.29 bits per heavy atom. The molecule has 2 amide bonds. The predicted molar refractivity (Wildman–Crippen MR) is 90.9 cm³/mol. The van der Waals surface area contributed by atoms with E-state index < -0.39 is 0 Å². The van der Waals surface area contributed by atoms with E-state index in [-0.39, 0.29) is 24.3 Å². The van der Waals surface area contributed by atoms with E-state index in [9.17, 15) is 9.59 Å². The quantitative estimate of drug-likeness (QED) is 0.705. The molecule has 0 spiro atoms. The Bertz CT molecular complexity index is 735. The van der Waals surface area contributed by atoms with Gasteiger partial charge in [-0.3, -0.25) is 14.9 Å². The van der Waals surface area contributed by atoms with Crippen LogP contribution < -0.4 is 16.4 Å².